The minimum Gasteiger partial charge on any atom is -0.460 e. The van der Waals surface area contributed by atoms with E-state index in [1.54, 1.807) is 6.92 Å². The van der Waals surface area contributed by atoms with Gasteiger partial charge in [0.2, 0.25) is 5.91 Å². The van der Waals surface area contributed by atoms with Crippen molar-refractivity contribution in [2.75, 3.05) is 0 Å². The van der Waals surface area contributed by atoms with Crippen LogP contribution in [0.15, 0.2) is 30.3 Å². The fourth-order valence-electron chi connectivity index (χ4n) is 2.45. The molecule has 5 nitrogen and oxygen atoms in total. The molecular weight excluding hydrogens is 280 g/mol. The molecule has 22 heavy (non-hydrogen) atoms. The van der Waals surface area contributed by atoms with Crippen LogP contribution in [0.5, 0.6) is 0 Å². The fraction of sp³-hybridized carbons (Fsp3) is 0.529. The van der Waals surface area contributed by atoms with E-state index < -0.39 is 18.1 Å². The predicted molar refractivity (Wildman–Crippen MR) is 84.0 cm³/mol. The monoisotopic (exact) mass is 305 g/mol. The second kappa shape index (κ2) is 7.40. The first-order chi connectivity index (χ1) is 10.9. The van der Waals surface area contributed by atoms with Gasteiger partial charge in [-0.05, 0) is 24.8 Å². The van der Waals surface area contributed by atoms with Crippen molar-refractivity contribution in [3.05, 3.63) is 35.9 Å². The van der Waals surface area contributed by atoms with Crippen molar-refractivity contribution in [1.82, 2.24) is 10.6 Å². The van der Waals surface area contributed by atoms with Crippen LogP contribution in [0.1, 0.15) is 32.8 Å². The molecule has 1 amide bonds. The van der Waals surface area contributed by atoms with Crippen molar-refractivity contribution < 1.29 is 15.7 Å². The quantitative estimate of drug-likeness (QED) is 0.593. The van der Waals surface area contributed by atoms with Gasteiger partial charge in [-0.25, -0.2) is 0 Å². The van der Waals surface area contributed by atoms with Crippen molar-refractivity contribution in [2.45, 2.75) is 51.9 Å². The summed E-state index contributed by atoms with van der Waals surface area (Å²) in [5.41, 5.74) is 0.919. The van der Waals surface area contributed by atoms with Crippen molar-refractivity contribution in [2.24, 2.45) is 5.92 Å². The average Bonchev–Trinajstić information content (AvgIpc) is 2.55. The molecule has 0 aliphatic carbocycles. The maximum absolute atomic E-state index is 12.1. The molecule has 0 unspecified atom stereocenters. The maximum Gasteiger partial charge on any atom is 0.323 e. The first-order valence-corrected chi connectivity index (χ1v) is 7.68. The Balaban J connectivity index is 1.84. The number of hydrogen-bond acceptors (Lipinski definition) is 4. The Morgan fingerprint density at radius 1 is 1.36 bits per heavy atom. The fourth-order valence-corrected chi connectivity index (χ4v) is 2.45. The molecule has 1 aliphatic rings. The molecule has 1 fully saturated rings. The van der Waals surface area contributed by atoms with Gasteiger partial charge in [0.05, 0.1) is 6.04 Å². The summed E-state index contributed by atoms with van der Waals surface area (Å²) in [6.45, 7) is 5.99. The third-order valence-electron chi connectivity index (χ3n) is 3.66. The molecule has 0 aromatic heterocycles. The first-order valence-electron chi connectivity index (χ1n) is 8.13. The molecule has 0 bridgehead atoms. The average molecular weight is 305 g/mol. The van der Waals surface area contributed by atoms with Gasteiger partial charge >= 0.3 is 5.97 Å². The zero-order valence-corrected chi connectivity index (χ0v) is 13.3. The number of carbonyl (C=O) groups is 2. The molecule has 1 aromatic carbocycles. The summed E-state index contributed by atoms with van der Waals surface area (Å²) >= 11 is 0. The Kier molecular flexibility index (Phi) is 5.06. The van der Waals surface area contributed by atoms with Crippen LogP contribution in [0.3, 0.4) is 0 Å². The lowest BCUT2D eigenvalue weighted by Gasteiger charge is -2.39. The number of carbonyl (C=O) groups excluding carboxylic acids is 2. The van der Waals surface area contributed by atoms with E-state index in [0.29, 0.717) is 5.92 Å². The van der Waals surface area contributed by atoms with Crippen LogP contribution in [0, 0.1) is 5.92 Å². The van der Waals surface area contributed by atoms with Crippen molar-refractivity contribution in [1.29, 1.82) is 0 Å². The summed E-state index contributed by atoms with van der Waals surface area (Å²) < 4.78 is 12.9. The molecule has 0 spiro atoms. The highest BCUT2D eigenvalue weighted by Crippen LogP contribution is 2.16. The van der Waals surface area contributed by atoms with Gasteiger partial charge in [0.25, 0.3) is 0 Å². The molecule has 1 aromatic rings. The minimum absolute atomic E-state index is 0.188. The predicted octanol–water partition coefficient (Wildman–Crippen LogP) is 1.62. The number of hydrogen-bond donors (Lipinski definition) is 2. The zero-order valence-electron chi connectivity index (χ0n) is 14.3. The second-order valence-electron chi connectivity index (χ2n) is 6.12. The molecule has 1 aliphatic heterocycles. The third kappa shape index (κ3) is 4.31. The van der Waals surface area contributed by atoms with Gasteiger partial charge in [-0.1, -0.05) is 44.2 Å². The number of rotatable bonds is 7. The highest BCUT2D eigenvalue weighted by molar-refractivity contribution is 5.90. The number of amides is 1. The Morgan fingerprint density at radius 3 is 2.68 bits per heavy atom. The molecule has 5 heteroatoms. The lowest BCUT2D eigenvalue weighted by atomic mass is 9.90. The SMILES string of the molecule is [2H]N1C(=O)[C@H](N[C@@H](C)C(=O)OCc2ccccc2)[C@H]1CC(C)C. The Hall–Kier alpha value is -1.88. The van der Waals surface area contributed by atoms with Crippen molar-refractivity contribution in [3.8, 4) is 0 Å². The molecule has 1 heterocycles. The third-order valence-corrected chi connectivity index (χ3v) is 3.66. The van der Waals surface area contributed by atoms with Crippen LogP contribution in [0.25, 0.3) is 0 Å². The van der Waals surface area contributed by atoms with Crippen LogP contribution in [-0.4, -0.2) is 30.0 Å². The topological polar surface area (TPSA) is 67.4 Å². The van der Waals surface area contributed by atoms with Crippen LogP contribution in [0.2, 0.25) is 1.41 Å². The van der Waals surface area contributed by atoms with Crippen LogP contribution < -0.4 is 10.6 Å². The summed E-state index contributed by atoms with van der Waals surface area (Å²) in [6.07, 6.45) is 0.735. The first kappa shape index (κ1) is 15.0. The van der Waals surface area contributed by atoms with E-state index in [4.69, 9.17) is 6.15 Å². The summed E-state index contributed by atoms with van der Waals surface area (Å²) in [4.78, 5) is 23.9. The highest BCUT2D eigenvalue weighted by atomic mass is 16.5. The van der Waals surface area contributed by atoms with Gasteiger partial charge in [-0.15, -0.1) is 0 Å². The van der Waals surface area contributed by atoms with Gasteiger partial charge in [0, 0.05) is 0 Å². The molecule has 1 saturated heterocycles. The van der Waals surface area contributed by atoms with Crippen LogP contribution >= 0.6 is 0 Å². The van der Waals surface area contributed by atoms with Gasteiger partial charge in [0.15, 0.2) is 1.41 Å². The largest absolute Gasteiger partial charge is 0.460 e. The number of esters is 1. The summed E-state index contributed by atoms with van der Waals surface area (Å²) in [5.74, 6) is -0.308. The van der Waals surface area contributed by atoms with Gasteiger partial charge in [-0.3, -0.25) is 14.9 Å². The molecule has 3 atom stereocenters. The summed E-state index contributed by atoms with van der Waals surface area (Å²) in [6, 6.07) is 8.19. The van der Waals surface area contributed by atoms with E-state index in [9.17, 15) is 9.59 Å². The van der Waals surface area contributed by atoms with Gasteiger partial charge in [0.1, 0.15) is 18.7 Å². The van der Waals surface area contributed by atoms with Gasteiger partial charge < -0.3 is 10.0 Å². The smallest absolute Gasteiger partial charge is 0.323 e. The van der Waals surface area contributed by atoms with E-state index in [-0.39, 0.29) is 18.6 Å². The Labute approximate surface area is 132 Å². The van der Waals surface area contributed by atoms with Crippen molar-refractivity contribution >= 4 is 11.9 Å². The van der Waals surface area contributed by atoms with Crippen molar-refractivity contribution in [3.63, 3.8) is 0 Å². The van der Waals surface area contributed by atoms with E-state index in [1.807, 2.05) is 44.2 Å². The molecule has 2 rings (SSSR count). The molecule has 0 saturated carbocycles. The van der Waals surface area contributed by atoms with Gasteiger partial charge in [-0.2, -0.15) is 0 Å². The maximum atomic E-state index is 12.1. The lowest BCUT2D eigenvalue weighted by Crippen LogP contribution is -2.70. The Bertz CT molecular complexity index is 550. The van der Waals surface area contributed by atoms with Crippen LogP contribution in [-0.2, 0) is 20.9 Å². The minimum atomic E-state index is -0.587. The summed E-state index contributed by atoms with van der Waals surface area (Å²) in [7, 11) is 0. The van der Waals surface area contributed by atoms with E-state index >= 15 is 0 Å². The number of nitrogens with one attached hydrogen (secondary N) is 2. The highest BCUT2D eigenvalue weighted by Gasteiger charge is 2.40. The standard InChI is InChI=1S/C17H24N2O3/c1-11(2)9-14-15(16(20)19-14)18-12(3)17(21)22-10-13-7-5-4-6-8-13/h4-8,11-12,14-15,18H,9-10H2,1-3H3,(H,19,20)/t12-,14+,15+/m0/s1/i/hD. The lowest BCUT2D eigenvalue weighted by molar-refractivity contribution is -0.148. The van der Waals surface area contributed by atoms with E-state index in [2.05, 4.69) is 5.32 Å². The molecule has 0 radical (unpaired) electrons. The second-order valence-corrected chi connectivity index (χ2v) is 6.12. The number of β-lactam (4-membered cyclic amide) rings is 1. The Morgan fingerprint density at radius 2 is 2.05 bits per heavy atom. The number of ether oxygens (including phenoxy) is 1. The van der Waals surface area contributed by atoms with E-state index in [0.717, 1.165) is 17.3 Å². The number of benzene rings is 1. The zero-order chi connectivity index (χ0) is 17.0. The normalized spacial score (nSPS) is 23.0. The molecule has 2 N–H and O–H groups in total. The van der Waals surface area contributed by atoms with E-state index in [1.165, 1.54) is 0 Å². The summed E-state index contributed by atoms with van der Waals surface area (Å²) in [5, 5.41) is 4.00. The van der Waals surface area contributed by atoms with Crippen LogP contribution in [0.4, 0.5) is 0 Å². The molecule has 120 valence electrons. The molecular formula is C17H24N2O3.